The number of amides is 1. The molecule has 1 unspecified atom stereocenters. The maximum Gasteiger partial charge on any atom is 0.227 e. The number of nitrogens with two attached hydrogens (primary N) is 1. The average Bonchev–Trinajstić information content (AvgIpc) is 2.14. The second kappa shape index (κ2) is 6.35. The van der Waals surface area contributed by atoms with Gasteiger partial charge in [0.15, 0.2) is 0 Å². The van der Waals surface area contributed by atoms with Gasteiger partial charge in [0.1, 0.15) is 5.82 Å². The Labute approximate surface area is 103 Å². The van der Waals surface area contributed by atoms with Gasteiger partial charge in [-0.1, -0.05) is 13.3 Å². The molecule has 1 aromatic heterocycles. The fourth-order valence-corrected chi connectivity index (χ4v) is 1.81. The third-order valence-corrected chi connectivity index (χ3v) is 2.47. The van der Waals surface area contributed by atoms with Crippen molar-refractivity contribution < 1.29 is 4.79 Å². The van der Waals surface area contributed by atoms with E-state index in [1.807, 2.05) is 26.0 Å². The van der Waals surface area contributed by atoms with E-state index in [1.54, 1.807) is 0 Å². The molecule has 94 valence electrons. The lowest BCUT2D eigenvalue weighted by Crippen LogP contribution is -2.27. The fourth-order valence-electron chi connectivity index (χ4n) is 1.81. The summed E-state index contributed by atoms with van der Waals surface area (Å²) >= 11 is 0. The van der Waals surface area contributed by atoms with Gasteiger partial charge < -0.3 is 11.1 Å². The normalized spacial score (nSPS) is 12.2. The van der Waals surface area contributed by atoms with E-state index in [9.17, 15) is 4.79 Å². The van der Waals surface area contributed by atoms with Crippen LogP contribution in [0.1, 0.15) is 37.4 Å². The van der Waals surface area contributed by atoms with Crippen LogP contribution < -0.4 is 11.1 Å². The van der Waals surface area contributed by atoms with E-state index in [4.69, 9.17) is 5.73 Å². The number of nitrogens with zero attached hydrogens (tertiary/aromatic N) is 1. The monoisotopic (exact) mass is 235 g/mol. The molecule has 0 aromatic carbocycles. The molecule has 0 spiro atoms. The minimum atomic E-state index is -0.0662. The first-order valence-electron chi connectivity index (χ1n) is 6.02. The van der Waals surface area contributed by atoms with Gasteiger partial charge in [0.2, 0.25) is 5.91 Å². The molecular formula is C13H21N3O. The van der Waals surface area contributed by atoms with Crippen molar-refractivity contribution in [2.75, 3.05) is 5.32 Å². The number of carbonyl (C=O) groups excluding carboxylic acids is 1. The summed E-state index contributed by atoms with van der Waals surface area (Å²) in [4.78, 5) is 15.9. The Morgan fingerprint density at radius 1 is 1.47 bits per heavy atom. The van der Waals surface area contributed by atoms with Gasteiger partial charge in [-0.2, -0.15) is 0 Å². The van der Waals surface area contributed by atoms with Crippen molar-refractivity contribution in [3.8, 4) is 0 Å². The number of hydrogen-bond acceptors (Lipinski definition) is 3. The standard InChI is InChI=1S/C13H21N3O/c1-4-5-11(14)8-13(17)16-12-7-9(2)6-10(3)15-12/h6-7,11H,4-5,8,14H2,1-3H3,(H,15,16,17). The molecule has 1 amide bonds. The number of carbonyl (C=O) groups is 1. The zero-order valence-corrected chi connectivity index (χ0v) is 10.8. The Morgan fingerprint density at radius 2 is 2.18 bits per heavy atom. The summed E-state index contributed by atoms with van der Waals surface area (Å²) in [7, 11) is 0. The van der Waals surface area contributed by atoms with E-state index in [0.717, 1.165) is 24.1 Å². The lowest BCUT2D eigenvalue weighted by molar-refractivity contribution is -0.116. The van der Waals surface area contributed by atoms with Crippen LogP contribution in [0.4, 0.5) is 5.82 Å². The number of nitrogens with one attached hydrogen (secondary N) is 1. The molecule has 0 saturated heterocycles. The van der Waals surface area contributed by atoms with E-state index in [0.29, 0.717) is 12.2 Å². The Morgan fingerprint density at radius 3 is 2.76 bits per heavy atom. The first-order chi connectivity index (χ1) is 8.01. The average molecular weight is 235 g/mol. The molecule has 0 radical (unpaired) electrons. The van der Waals surface area contributed by atoms with Gasteiger partial charge in [-0.05, 0) is 38.0 Å². The number of pyridine rings is 1. The number of anilines is 1. The predicted molar refractivity (Wildman–Crippen MR) is 69.8 cm³/mol. The molecular weight excluding hydrogens is 214 g/mol. The molecule has 0 saturated carbocycles. The molecule has 0 aliphatic carbocycles. The predicted octanol–water partition coefficient (Wildman–Crippen LogP) is 2.15. The van der Waals surface area contributed by atoms with Crippen LogP contribution >= 0.6 is 0 Å². The van der Waals surface area contributed by atoms with Gasteiger partial charge in [-0.25, -0.2) is 4.98 Å². The third-order valence-electron chi connectivity index (χ3n) is 2.47. The van der Waals surface area contributed by atoms with E-state index in [-0.39, 0.29) is 11.9 Å². The fraction of sp³-hybridized carbons (Fsp3) is 0.538. The Bertz CT molecular complexity index is 370. The Hall–Kier alpha value is -1.42. The summed E-state index contributed by atoms with van der Waals surface area (Å²) < 4.78 is 0. The van der Waals surface area contributed by atoms with E-state index >= 15 is 0 Å². The molecule has 4 nitrogen and oxygen atoms in total. The topological polar surface area (TPSA) is 68.0 Å². The van der Waals surface area contributed by atoms with Gasteiger partial charge in [0.25, 0.3) is 0 Å². The molecule has 0 aliphatic rings. The highest BCUT2D eigenvalue weighted by Crippen LogP contribution is 2.10. The van der Waals surface area contributed by atoms with Crippen molar-refractivity contribution in [1.29, 1.82) is 0 Å². The van der Waals surface area contributed by atoms with E-state index in [2.05, 4.69) is 17.2 Å². The molecule has 1 atom stereocenters. The van der Waals surface area contributed by atoms with Crippen molar-refractivity contribution in [1.82, 2.24) is 4.98 Å². The van der Waals surface area contributed by atoms with Crippen molar-refractivity contribution >= 4 is 11.7 Å². The minimum absolute atomic E-state index is 0.0640. The number of hydrogen-bond donors (Lipinski definition) is 2. The molecule has 1 aromatic rings. The Balaban J connectivity index is 2.56. The highest BCUT2D eigenvalue weighted by molar-refractivity contribution is 5.90. The smallest absolute Gasteiger partial charge is 0.227 e. The van der Waals surface area contributed by atoms with Crippen LogP contribution in [-0.2, 0) is 4.79 Å². The second-order valence-electron chi connectivity index (χ2n) is 4.47. The van der Waals surface area contributed by atoms with Crippen LogP contribution in [0, 0.1) is 13.8 Å². The molecule has 1 rings (SSSR count). The first kappa shape index (κ1) is 13.6. The lowest BCUT2D eigenvalue weighted by Gasteiger charge is -2.10. The molecule has 0 fully saturated rings. The van der Waals surface area contributed by atoms with E-state index in [1.165, 1.54) is 0 Å². The van der Waals surface area contributed by atoms with Crippen molar-refractivity contribution in [3.63, 3.8) is 0 Å². The summed E-state index contributed by atoms with van der Waals surface area (Å²) in [6.07, 6.45) is 2.21. The Kier molecular flexibility index (Phi) is 5.10. The van der Waals surface area contributed by atoms with Crippen molar-refractivity contribution in [2.24, 2.45) is 5.73 Å². The van der Waals surface area contributed by atoms with Crippen LogP contribution in [0.5, 0.6) is 0 Å². The number of aryl methyl sites for hydroxylation is 2. The molecule has 1 heterocycles. The van der Waals surface area contributed by atoms with E-state index < -0.39 is 0 Å². The molecule has 17 heavy (non-hydrogen) atoms. The summed E-state index contributed by atoms with van der Waals surface area (Å²) in [6.45, 7) is 5.95. The van der Waals surface area contributed by atoms with Gasteiger partial charge in [0, 0.05) is 18.2 Å². The largest absolute Gasteiger partial charge is 0.327 e. The highest BCUT2D eigenvalue weighted by Gasteiger charge is 2.09. The lowest BCUT2D eigenvalue weighted by atomic mass is 10.1. The van der Waals surface area contributed by atoms with Crippen LogP contribution in [0.2, 0.25) is 0 Å². The number of aromatic nitrogens is 1. The molecule has 0 bridgehead atoms. The summed E-state index contributed by atoms with van der Waals surface area (Å²) in [5.74, 6) is 0.541. The van der Waals surface area contributed by atoms with Crippen LogP contribution in [0.15, 0.2) is 12.1 Å². The summed E-state index contributed by atoms with van der Waals surface area (Å²) in [6, 6.07) is 3.76. The third kappa shape index (κ3) is 4.95. The zero-order valence-electron chi connectivity index (χ0n) is 10.8. The SMILES string of the molecule is CCCC(N)CC(=O)Nc1cc(C)cc(C)n1. The van der Waals surface area contributed by atoms with Crippen molar-refractivity contribution in [2.45, 2.75) is 46.1 Å². The maximum absolute atomic E-state index is 11.7. The molecule has 0 aliphatic heterocycles. The van der Waals surface area contributed by atoms with Crippen molar-refractivity contribution in [3.05, 3.63) is 23.4 Å². The second-order valence-corrected chi connectivity index (χ2v) is 4.47. The van der Waals surface area contributed by atoms with Gasteiger partial charge in [-0.3, -0.25) is 4.79 Å². The van der Waals surface area contributed by atoms with Gasteiger partial charge in [-0.15, -0.1) is 0 Å². The number of rotatable bonds is 5. The van der Waals surface area contributed by atoms with Gasteiger partial charge >= 0.3 is 0 Å². The van der Waals surface area contributed by atoms with Crippen LogP contribution in [0.3, 0.4) is 0 Å². The minimum Gasteiger partial charge on any atom is -0.327 e. The molecule has 4 heteroatoms. The summed E-state index contributed by atoms with van der Waals surface area (Å²) in [5, 5.41) is 2.78. The van der Waals surface area contributed by atoms with Gasteiger partial charge in [0.05, 0.1) is 0 Å². The maximum atomic E-state index is 11.7. The zero-order chi connectivity index (χ0) is 12.8. The van der Waals surface area contributed by atoms with Crippen LogP contribution in [-0.4, -0.2) is 16.9 Å². The quantitative estimate of drug-likeness (QED) is 0.821. The first-order valence-corrected chi connectivity index (χ1v) is 6.02. The highest BCUT2D eigenvalue weighted by atomic mass is 16.1. The summed E-state index contributed by atoms with van der Waals surface area (Å²) in [5.41, 5.74) is 7.81. The molecule has 3 N–H and O–H groups in total. The van der Waals surface area contributed by atoms with Crippen LogP contribution in [0.25, 0.3) is 0 Å².